The zero-order valence-corrected chi connectivity index (χ0v) is 23.1. The minimum atomic E-state index is 1.02. The van der Waals surface area contributed by atoms with Crippen molar-refractivity contribution < 1.29 is 9.13 Å². The van der Waals surface area contributed by atoms with Crippen LogP contribution in [0.1, 0.15) is 55.6 Å². The van der Waals surface area contributed by atoms with Crippen LogP contribution in [-0.2, 0) is 14.1 Å². The number of rotatable bonds is 4. The molecular formula is C36H34N2+2. The molecule has 0 N–H and O–H groups in total. The summed E-state index contributed by atoms with van der Waals surface area (Å²) in [5.74, 6) is 12.6. The minimum Gasteiger partial charge on any atom is -0.208 e. The lowest BCUT2D eigenvalue weighted by atomic mass is 9.99. The Labute approximate surface area is 227 Å². The van der Waals surface area contributed by atoms with Crippen molar-refractivity contribution in [2.75, 3.05) is 0 Å². The molecule has 4 rings (SSSR count). The lowest BCUT2D eigenvalue weighted by Gasteiger charge is -2.05. The molecule has 0 spiro atoms. The van der Waals surface area contributed by atoms with E-state index in [1.165, 1.54) is 33.4 Å². The average Bonchev–Trinajstić information content (AvgIpc) is 2.90. The Hall–Kier alpha value is -4.66. The highest BCUT2D eigenvalue weighted by atomic mass is 14.9. The van der Waals surface area contributed by atoms with Crippen LogP contribution < -0.4 is 9.13 Å². The second-order valence-electron chi connectivity index (χ2n) is 9.81. The van der Waals surface area contributed by atoms with Gasteiger partial charge in [-0.15, -0.1) is 0 Å². The van der Waals surface area contributed by atoms with Crippen LogP contribution in [0.3, 0.4) is 0 Å². The largest absolute Gasteiger partial charge is 0.208 e. The molecule has 2 heteroatoms. The van der Waals surface area contributed by atoms with Crippen LogP contribution in [0.5, 0.6) is 0 Å². The van der Waals surface area contributed by atoms with E-state index in [-0.39, 0.29) is 0 Å². The maximum absolute atomic E-state index is 3.26. The Morgan fingerprint density at radius 2 is 0.868 bits per heavy atom. The van der Waals surface area contributed by atoms with Gasteiger partial charge in [0.05, 0.1) is 0 Å². The van der Waals surface area contributed by atoms with Crippen LogP contribution in [0, 0.1) is 51.4 Å². The van der Waals surface area contributed by atoms with Gasteiger partial charge in [-0.1, -0.05) is 48.3 Å². The van der Waals surface area contributed by atoms with Crippen molar-refractivity contribution in [2.45, 2.75) is 27.7 Å². The summed E-state index contributed by atoms with van der Waals surface area (Å²) in [6.07, 6.45) is 16.8. The summed E-state index contributed by atoms with van der Waals surface area (Å²) >= 11 is 0. The van der Waals surface area contributed by atoms with Gasteiger partial charge in [0.1, 0.15) is 14.1 Å². The van der Waals surface area contributed by atoms with Gasteiger partial charge in [0.25, 0.3) is 0 Å². The Morgan fingerprint density at radius 1 is 0.500 bits per heavy atom. The van der Waals surface area contributed by atoms with E-state index in [4.69, 9.17) is 0 Å². The number of aromatic nitrogens is 2. The van der Waals surface area contributed by atoms with E-state index in [2.05, 4.69) is 149 Å². The standard InChI is InChI=1S/C36H34N2/c1-27-25-35(13-11-31-15-19-37(5)20-16-31)29(3)23-33(27)9-7-8-10-34-24-30(4)36(26-28(34)2)14-12-32-17-21-38(6)22-18-32/h11-26H,1-6H3/q+2/b13-11+,14-12+. The van der Waals surface area contributed by atoms with Crippen LogP contribution in [0.25, 0.3) is 24.3 Å². The third kappa shape index (κ3) is 6.97. The summed E-state index contributed by atoms with van der Waals surface area (Å²) in [6, 6.07) is 17.1. The van der Waals surface area contributed by atoms with Gasteiger partial charge in [-0.25, -0.2) is 9.13 Å². The van der Waals surface area contributed by atoms with Crippen molar-refractivity contribution in [3.8, 4) is 23.7 Å². The molecule has 0 bridgehead atoms. The van der Waals surface area contributed by atoms with Crippen LogP contribution in [0.4, 0.5) is 0 Å². The van der Waals surface area contributed by atoms with Gasteiger partial charge in [0, 0.05) is 35.4 Å². The Balaban J connectivity index is 1.48. The van der Waals surface area contributed by atoms with Gasteiger partial charge in [0.15, 0.2) is 24.8 Å². The predicted octanol–water partition coefficient (Wildman–Crippen LogP) is 6.31. The molecule has 0 atom stereocenters. The Kier molecular flexibility index (Phi) is 8.37. The smallest absolute Gasteiger partial charge is 0.169 e. The van der Waals surface area contributed by atoms with E-state index < -0.39 is 0 Å². The SMILES string of the molecule is Cc1cc(/C=C/c2cc[n+](C)cc2)c(C)cc1C#CC#Cc1cc(C)c(/C=C/c2cc[n+](C)cc2)cc1C. The molecule has 2 aromatic carbocycles. The summed E-state index contributed by atoms with van der Waals surface area (Å²) < 4.78 is 4.07. The molecule has 0 saturated carbocycles. The Morgan fingerprint density at radius 3 is 1.24 bits per heavy atom. The number of hydrogen-bond acceptors (Lipinski definition) is 0. The van der Waals surface area contributed by atoms with Gasteiger partial charge in [-0.2, -0.15) is 0 Å². The molecule has 0 amide bonds. The first-order valence-electron chi connectivity index (χ1n) is 12.8. The maximum Gasteiger partial charge on any atom is 0.169 e. The van der Waals surface area contributed by atoms with E-state index in [1.807, 2.05) is 23.2 Å². The fourth-order valence-electron chi connectivity index (χ4n) is 4.12. The van der Waals surface area contributed by atoms with Crippen LogP contribution in [-0.4, -0.2) is 0 Å². The molecule has 0 fully saturated rings. The monoisotopic (exact) mass is 494 g/mol. The normalized spacial score (nSPS) is 10.8. The van der Waals surface area contributed by atoms with Crippen molar-refractivity contribution in [1.29, 1.82) is 0 Å². The summed E-state index contributed by atoms with van der Waals surface area (Å²) in [6.45, 7) is 8.46. The third-order valence-electron chi connectivity index (χ3n) is 6.60. The number of benzene rings is 2. The van der Waals surface area contributed by atoms with E-state index >= 15 is 0 Å². The first-order valence-corrected chi connectivity index (χ1v) is 12.8. The topological polar surface area (TPSA) is 7.76 Å². The zero-order chi connectivity index (χ0) is 27.1. The first kappa shape index (κ1) is 26.4. The third-order valence-corrected chi connectivity index (χ3v) is 6.60. The molecule has 38 heavy (non-hydrogen) atoms. The van der Waals surface area contributed by atoms with E-state index in [0.717, 1.165) is 22.3 Å². The molecule has 0 aliphatic rings. The molecule has 0 unspecified atom stereocenters. The second kappa shape index (κ2) is 12.1. The van der Waals surface area contributed by atoms with Crippen molar-refractivity contribution in [3.63, 3.8) is 0 Å². The highest BCUT2D eigenvalue weighted by Gasteiger charge is 2.03. The lowest BCUT2D eigenvalue weighted by Crippen LogP contribution is -2.25. The summed E-state index contributed by atoms with van der Waals surface area (Å²) in [4.78, 5) is 0. The van der Waals surface area contributed by atoms with Gasteiger partial charge < -0.3 is 0 Å². The van der Waals surface area contributed by atoms with Crippen molar-refractivity contribution in [2.24, 2.45) is 14.1 Å². The number of nitrogens with zero attached hydrogens (tertiary/aromatic N) is 2. The predicted molar refractivity (Wildman–Crippen MR) is 159 cm³/mol. The quantitative estimate of drug-likeness (QED) is 0.232. The molecule has 0 saturated heterocycles. The second-order valence-corrected chi connectivity index (χ2v) is 9.81. The van der Waals surface area contributed by atoms with Crippen LogP contribution in [0.2, 0.25) is 0 Å². The van der Waals surface area contributed by atoms with E-state index in [0.29, 0.717) is 0 Å². The van der Waals surface area contributed by atoms with Crippen molar-refractivity contribution >= 4 is 24.3 Å². The van der Waals surface area contributed by atoms with Gasteiger partial charge >= 0.3 is 0 Å². The first-order chi connectivity index (χ1) is 18.3. The van der Waals surface area contributed by atoms with Gasteiger partial charge in [-0.05, 0) is 96.2 Å². The Bertz CT molecular complexity index is 1520. The zero-order valence-electron chi connectivity index (χ0n) is 23.1. The summed E-state index contributed by atoms with van der Waals surface area (Å²) in [5, 5.41) is 0. The fraction of sp³-hybridized carbons (Fsp3) is 0.167. The molecular weight excluding hydrogens is 460 g/mol. The molecule has 2 heterocycles. The summed E-state index contributed by atoms with van der Waals surface area (Å²) in [7, 11) is 4.05. The molecule has 0 aliphatic carbocycles. The highest BCUT2D eigenvalue weighted by Crippen LogP contribution is 2.19. The van der Waals surface area contributed by atoms with Gasteiger partial charge in [-0.3, -0.25) is 0 Å². The molecule has 2 aromatic heterocycles. The average molecular weight is 495 g/mol. The van der Waals surface area contributed by atoms with Crippen molar-refractivity contribution in [3.05, 3.63) is 129 Å². The number of pyridine rings is 2. The maximum atomic E-state index is 3.26. The number of hydrogen-bond donors (Lipinski definition) is 0. The molecule has 0 radical (unpaired) electrons. The van der Waals surface area contributed by atoms with Crippen molar-refractivity contribution in [1.82, 2.24) is 0 Å². The molecule has 186 valence electrons. The number of aryl methyl sites for hydroxylation is 6. The van der Waals surface area contributed by atoms with E-state index in [9.17, 15) is 0 Å². The van der Waals surface area contributed by atoms with E-state index in [1.54, 1.807) is 0 Å². The highest BCUT2D eigenvalue weighted by molar-refractivity contribution is 5.73. The van der Waals surface area contributed by atoms with Crippen LogP contribution in [0.15, 0.2) is 73.3 Å². The molecule has 2 nitrogen and oxygen atoms in total. The summed E-state index contributed by atoms with van der Waals surface area (Å²) in [5.41, 5.74) is 11.5. The molecule has 4 aromatic rings. The fourth-order valence-corrected chi connectivity index (χ4v) is 4.12. The van der Waals surface area contributed by atoms with Gasteiger partial charge in [0.2, 0.25) is 0 Å². The molecule has 0 aliphatic heterocycles. The minimum absolute atomic E-state index is 1.02. The lowest BCUT2D eigenvalue weighted by molar-refractivity contribution is -0.671. The van der Waals surface area contributed by atoms with Crippen LogP contribution >= 0.6 is 0 Å².